The molecule has 0 atom stereocenters. The number of anilines is 1. The molecule has 0 aliphatic heterocycles. The van der Waals surface area contributed by atoms with Gasteiger partial charge in [-0.05, 0) is 54.8 Å². The van der Waals surface area contributed by atoms with Gasteiger partial charge in [0.1, 0.15) is 5.75 Å². The molecule has 0 saturated heterocycles. The maximum Gasteiger partial charge on any atom is 0.254 e. The topological polar surface area (TPSA) is 58.6 Å². The Morgan fingerprint density at radius 2 is 1.72 bits per heavy atom. The number of hydrogen-bond donors (Lipinski definition) is 1. The molecule has 5 nitrogen and oxygen atoms in total. The predicted molar refractivity (Wildman–Crippen MR) is 96.6 cm³/mol. The minimum Gasteiger partial charge on any atom is -0.497 e. The van der Waals surface area contributed by atoms with Crippen molar-refractivity contribution in [1.82, 2.24) is 4.90 Å². The fourth-order valence-electron chi connectivity index (χ4n) is 2.75. The lowest BCUT2D eigenvalue weighted by molar-refractivity contribution is -0.114. The van der Waals surface area contributed by atoms with Crippen molar-refractivity contribution < 1.29 is 14.3 Å². The molecule has 1 aliphatic carbocycles. The Labute approximate surface area is 147 Å². The summed E-state index contributed by atoms with van der Waals surface area (Å²) in [5.41, 5.74) is 2.41. The Hall–Kier alpha value is -2.82. The van der Waals surface area contributed by atoms with Crippen LogP contribution in [-0.4, -0.2) is 29.9 Å². The van der Waals surface area contributed by atoms with Crippen molar-refractivity contribution in [2.45, 2.75) is 32.4 Å². The first kappa shape index (κ1) is 17.0. The van der Waals surface area contributed by atoms with Crippen molar-refractivity contribution in [1.29, 1.82) is 0 Å². The van der Waals surface area contributed by atoms with Crippen molar-refractivity contribution in [2.75, 3.05) is 12.4 Å². The third-order valence-corrected chi connectivity index (χ3v) is 4.21. The van der Waals surface area contributed by atoms with E-state index in [9.17, 15) is 9.59 Å². The highest BCUT2D eigenvalue weighted by molar-refractivity contribution is 5.95. The standard InChI is InChI=1S/C20H22N2O3/c1-14(23)21-17-7-5-16(6-8-17)20(24)22(18-9-10-18)13-15-3-11-19(25-2)12-4-15/h3-8,11-12,18H,9-10,13H2,1-2H3,(H,21,23). The number of amides is 2. The van der Waals surface area contributed by atoms with Crippen LogP contribution in [0.3, 0.4) is 0 Å². The Balaban J connectivity index is 1.73. The SMILES string of the molecule is COc1ccc(CN(C(=O)c2ccc(NC(C)=O)cc2)C2CC2)cc1. The maximum absolute atomic E-state index is 12.9. The van der Waals surface area contributed by atoms with Crippen LogP contribution >= 0.6 is 0 Å². The molecule has 2 aromatic carbocycles. The van der Waals surface area contributed by atoms with Gasteiger partial charge in [-0.15, -0.1) is 0 Å². The van der Waals surface area contributed by atoms with E-state index in [-0.39, 0.29) is 11.8 Å². The summed E-state index contributed by atoms with van der Waals surface area (Å²) < 4.78 is 5.18. The summed E-state index contributed by atoms with van der Waals surface area (Å²) in [7, 11) is 1.64. The molecule has 3 rings (SSSR count). The molecule has 0 spiro atoms. The Bertz CT molecular complexity index is 750. The highest BCUT2D eigenvalue weighted by Crippen LogP contribution is 2.30. The second kappa shape index (κ2) is 7.38. The van der Waals surface area contributed by atoms with E-state index < -0.39 is 0 Å². The van der Waals surface area contributed by atoms with Gasteiger partial charge >= 0.3 is 0 Å². The van der Waals surface area contributed by atoms with Crippen molar-refractivity contribution in [3.63, 3.8) is 0 Å². The van der Waals surface area contributed by atoms with E-state index in [2.05, 4.69) is 5.32 Å². The Morgan fingerprint density at radius 1 is 1.08 bits per heavy atom. The summed E-state index contributed by atoms with van der Waals surface area (Å²) in [6, 6.07) is 15.1. The number of benzene rings is 2. The van der Waals surface area contributed by atoms with Crippen LogP contribution in [0.15, 0.2) is 48.5 Å². The molecule has 130 valence electrons. The van der Waals surface area contributed by atoms with Crippen LogP contribution in [0.1, 0.15) is 35.7 Å². The smallest absolute Gasteiger partial charge is 0.254 e. The zero-order chi connectivity index (χ0) is 17.8. The molecule has 1 saturated carbocycles. The van der Waals surface area contributed by atoms with E-state index in [4.69, 9.17) is 4.74 Å². The first-order valence-corrected chi connectivity index (χ1v) is 8.38. The van der Waals surface area contributed by atoms with Gasteiger partial charge in [0.2, 0.25) is 5.91 Å². The average Bonchev–Trinajstić information content (AvgIpc) is 3.45. The summed E-state index contributed by atoms with van der Waals surface area (Å²) in [6.07, 6.45) is 2.09. The highest BCUT2D eigenvalue weighted by atomic mass is 16.5. The molecule has 1 N–H and O–H groups in total. The molecule has 0 aromatic heterocycles. The van der Waals surface area contributed by atoms with Crippen molar-refractivity contribution in [3.05, 3.63) is 59.7 Å². The number of carbonyl (C=O) groups excluding carboxylic acids is 2. The minimum atomic E-state index is -0.127. The number of nitrogens with zero attached hydrogens (tertiary/aromatic N) is 1. The molecule has 1 aliphatic rings. The average molecular weight is 338 g/mol. The number of hydrogen-bond acceptors (Lipinski definition) is 3. The normalized spacial score (nSPS) is 13.2. The fourth-order valence-corrected chi connectivity index (χ4v) is 2.75. The molecule has 2 aromatic rings. The van der Waals surface area contributed by atoms with Gasteiger partial charge in [0.05, 0.1) is 7.11 Å². The molecule has 0 heterocycles. The summed E-state index contributed by atoms with van der Waals surface area (Å²) in [4.78, 5) is 25.9. The van der Waals surface area contributed by atoms with Crippen LogP contribution in [0.25, 0.3) is 0 Å². The summed E-state index contributed by atoms with van der Waals surface area (Å²) in [6.45, 7) is 2.05. The molecular weight excluding hydrogens is 316 g/mol. The van der Waals surface area contributed by atoms with Gasteiger partial charge in [0.15, 0.2) is 0 Å². The van der Waals surface area contributed by atoms with Crippen molar-refractivity contribution >= 4 is 17.5 Å². The second-order valence-corrected chi connectivity index (χ2v) is 6.27. The van der Waals surface area contributed by atoms with Crippen molar-refractivity contribution in [2.24, 2.45) is 0 Å². The van der Waals surface area contributed by atoms with E-state index in [1.54, 1.807) is 31.4 Å². The van der Waals surface area contributed by atoms with Crippen LogP contribution in [0.5, 0.6) is 5.75 Å². The number of nitrogens with one attached hydrogen (secondary N) is 1. The van der Waals surface area contributed by atoms with Gasteiger partial charge in [-0.2, -0.15) is 0 Å². The molecule has 0 bridgehead atoms. The van der Waals surface area contributed by atoms with E-state index in [0.717, 1.165) is 24.2 Å². The fraction of sp³-hybridized carbons (Fsp3) is 0.300. The summed E-state index contributed by atoms with van der Waals surface area (Å²) in [5, 5.41) is 2.71. The van der Waals surface area contributed by atoms with Crippen LogP contribution in [0, 0.1) is 0 Å². The maximum atomic E-state index is 12.9. The van der Waals surface area contributed by atoms with E-state index in [1.165, 1.54) is 6.92 Å². The number of ether oxygens (including phenoxy) is 1. The number of rotatable bonds is 6. The Morgan fingerprint density at radius 3 is 2.24 bits per heavy atom. The molecule has 1 fully saturated rings. The number of methoxy groups -OCH3 is 1. The lowest BCUT2D eigenvalue weighted by Gasteiger charge is -2.23. The summed E-state index contributed by atoms with van der Waals surface area (Å²) in [5.74, 6) is 0.701. The van der Waals surface area contributed by atoms with Gasteiger partial charge in [-0.1, -0.05) is 12.1 Å². The highest BCUT2D eigenvalue weighted by Gasteiger charge is 2.33. The predicted octanol–water partition coefficient (Wildman–Crippen LogP) is 3.46. The zero-order valence-electron chi connectivity index (χ0n) is 14.5. The number of carbonyl (C=O) groups is 2. The third kappa shape index (κ3) is 4.38. The first-order valence-electron chi connectivity index (χ1n) is 8.38. The van der Waals surface area contributed by atoms with Gasteiger partial charge in [-0.25, -0.2) is 0 Å². The van der Waals surface area contributed by atoms with Crippen LogP contribution in [0.4, 0.5) is 5.69 Å². The second-order valence-electron chi connectivity index (χ2n) is 6.27. The zero-order valence-corrected chi connectivity index (χ0v) is 14.5. The van der Waals surface area contributed by atoms with Gasteiger partial charge < -0.3 is 15.0 Å². The lowest BCUT2D eigenvalue weighted by atomic mass is 10.1. The molecule has 0 radical (unpaired) electrons. The van der Waals surface area contributed by atoms with Crippen LogP contribution in [0.2, 0.25) is 0 Å². The largest absolute Gasteiger partial charge is 0.497 e. The van der Waals surface area contributed by atoms with Gasteiger partial charge in [-0.3, -0.25) is 9.59 Å². The third-order valence-electron chi connectivity index (χ3n) is 4.21. The van der Waals surface area contributed by atoms with Crippen LogP contribution in [-0.2, 0) is 11.3 Å². The molecule has 0 unspecified atom stereocenters. The summed E-state index contributed by atoms with van der Waals surface area (Å²) >= 11 is 0. The molecule has 2 amide bonds. The molecular formula is C20H22N2O3. The first-order chi connectivity index (χ1) is 12.1. The van der Waals surface area contributed by atoms with E-state index >= 15 is 0 Å². The lowest BCUT2D eigenvalue weighted by Crippen LogP contribution is -2.32. The molecule has 25 heavy (non-hydrogen) atoms. The van der Waals surface area contributed by atoms with E-state index in [1.807, 2.05) is 29.2 Å². The van der Waals surface area contributed by atoms with Gasteiger partial charge in [0.25, 0.3) is 5.91 Å². The Kier molecular flexibility index (Phi) is 5.03. The van der Waals surface area contributed by atoms with Crippen LogP contribution < -0.4 is 10.1 Å². The monoisotopic (exact) mass is 338 g/mol. The van der Waals surface area contributed by atoms with Gasteiger partial charge in [0, 0.05) is 30.8 Å². The quantitative estimate of drug-likeness (QED) is 0.877. The van der Waals surface area contributed by atoms with Crippen molar-refractivity contribution in [3.8, 4) is 5.75 Å². The molecule has 5 heteroatoms. The van der Waals surface area contributed by atoms with E-state index in [0.29, 0.717) is 23.8 Å². The minimum absolute atomic E-state index is 0.0210.